The van der Waals surface area contributed by atoms with Crippen molar-refractivity contribution in [3.63, 3.8) is 0 Å². The van der Waals surface area contributed by atoms with Crippen LogP contribution in [0.5, 0.6) is 0 Å². The minimum atomic E-state index is 0.261. The van der Waals surface area contributed by atoms with Gasteiger partial charge in [0.05, 0.1) is 6.07 Å². The third kappa shape index (κ3) is 5.62. The van der Waals surface area contributed by atoms with Gasteiger partial charge in [-0.05, 0) is 13.3 Å². The molecule has 0 saturated heterocycles. The van der Waals surface area contributed by atoms with E-state index in [1.165, 1.54) is 25.7 Å². The lowest BCUT2D eigenvalue weighted by molar-refractivity contribution is 0.568. The van der Waals surface area contributed by atoms with E-state index in [1.54, 1.807) is 0 Å². The molecule has 0 fully saturated rings. The van der Waals surface area contributed by atoms with Crippen molar-refractivity contribution in [2.24, 2.45) is 5.92 Å². The van der Waals surface area contributed by atoms with Crippen LogP contribution in [0.15, 0.2) is 0 Å². The maximum atomic E-state index is 8.44. The maximum absolute atomic E-state index is 8.44. The van der Waals surface area contributed by atoms with Crippen molar-refractivity contribution < 1.29 is 0 Å². The van der Waals surface area contributed by atoms with Crippen molar-refractivity contribution in [1.29, 1.82) is 5.26 Å². The first-order valence-electron chi connectivity index (χ1n) is 4.20. The van der Waals surface area contributed by atoms with Gasteiger partial charge in [-0.3, -0.25) is 0 Å². The number of nitrogens with zero attached hydrogens (tertiary/aromatic N) is 1. The molecule has 0 amide bonds. The average Bonchev–Trinajstić information content (AvgIpc) is 1.98. The minimum Gasteiger partial charge on any atom is -0.198 e. The predicted molar refractivity (Wildman–Crippen MR) is 43.5 cm³/mol. The number of unbranched alkanes of at least 4 members (excludes halogenated alkanes) is 3. The van der Waals surface area contributed by atoms with Gasteiger partial charge in [0.25, 0.3) is 0 Å². The van der Waals surface area contributed by atoms with E-state index in [1.807, 2.05) is 6.92 Å². The molecule has 0 unspecified atom stereocenters. The van der Waals surface area contributed by atoms with Gasteiger partial charge in [-0.1, -0.05) is 32.6 Å². The highest BCUT2D eigenvalue weighted by atomic mass is 14.3. The Balaban J connectivity index is 2.98. The summed E-state index contributed by atoms with van der Waals surface area (Å²) in [4.78, 5) is 0. The van der Waals surface area contributed by atoms with Gasteiger partial charge in [-0.2, -0.15) is 5.26 Å². The van der Waals surface area contributed by atoms with Gasteiger partial charge >= 0.3 is 0 Å². The fourth-order valence-electron chi connectivity index (χ4n) is 0.942. The van der Waals surface area contributed by atoms with E-state index in [0.717, 1.165) is 6.42 Å². The standard InChI is InChI=1S/C9H17N/c1-3-4-5-6-7-9(2)8-10/h9H,3-7H2,1-2H3/t9-/m1/s1. The van der Waals surface area contributed by atoms with Crippen LogP contribution in [0, 0.1) is 17.2 Å². The predicted octanol–water partition coefficient (Wildman–Crippen LogP) is 3.12. The highest BCUT2D eigenvalue weighted by Gasteiger charge is 1.97. The molecule has 0 radical (unpaired) electrons. The zero-order valence-corrected chi connectivity index (χ0v) is 7.06. The Morgan fingerprint density at radius 3 is 2.50 bits per heavy atom. The third-order valence-corrected chi connectivity index (χ3v) is 1.71. The summed E-state index contributed by atoms with van der Waals surface area (Å²) in [6.45, 7) is 4.19. The summed E-state index contributed by atoms with van der Waals surface area (Å²) in [5.41, 5.74) is 0. The molecule has 0 rings (SSSR count). The molecule has 0 aromatic carbocycles. The summed E-state index contributed by atoms with van der Waals surface area (Å²) in [5, 5.41) is 8.44. The fourth-order valence-corrected chi connectivity index (χ4v) is 0.942. The summed E-state index contributed by atoms with van der Waals surface area (Å²) >= 11 is 0. The Morgan fingerprint density at radius 2 is 2.00 bits per heavy atom. The van der Waals surface area contributed by atoms with Crippen molar-refractivity contribution in [2.45, 2.75) is 46.0 Å². The third-order valence-electron chi connectivity index (χ3n) is 1.71. The van der Waals surface area contributed by atoms with Crippen molar-refractivity contribution in [3.05, 3.63) is 0 Å². The van der Waals surface area contributed by atoms with Crippen LogP contribution in [-0.2, 0) is 0 Å². The van der Waals surface area contributed by atoms with Gasteiger partial charge in [0.1, 0.15) is 0 Å². The fraction of sp³-hybridized carbons (Fsp3) is 0.889. The van der Waals surface area contributed by atoms with Crippen LogP contribution < -0.4 is 0 Å². The van der Waals surface area contributed by atoms with Crippen molar-refractivity contribution in [1.82, 2.24) is 0 Å². The van der Waals surface area contributed by atoms with Gasteiger partial charge in [-0.15, -0.1) is 0 Å². The zero-order chi connectivity index (χ0) is 7.82. The molecular weight excluding hydrogens is 122 g/mol. The molecule has 58 valence electrons. The molecule has 0 aromatic heterocycles. The molecule has 0 aliphatic carbocycles. The molecule has 0 bridgehead atoms. The summed E-state index contributed by atoms with van der Waals surface area (Å²) < 4.78 is 0. The van der Waals surface area contributed by atoms with Crippen LogP contribution in [0.25, 0.3) is 0 Å². The van der Waals surface area contributed by atoms with Crippen LogP contribution in [-0.4, -0.2) is 0 Å². The van der Waals surface area contributed by atoms with E-state index in [0.29, 0.717) is 0 Å². The molecule has 0 aromatic rings. The number of rotatable bonds is 5. The van der Waals surface area contributed by atoms with Crippen LogP contribution in [0.3, 0.4) is 0 Å². The van der Waals surface area contributed by atoms with Gasteiger partial charge in [-0.25, -0.2) is 0 Å². The minimum absolute atomic E-state index is 0.261. The van der Waals surface area contributed by atoms with Gasteiger partial charge < -0.3 is 0 Å². The zero-order valence-electron chi connectivity index (χ0n) is 7.06. The van der Waals surface area contributed by atoms with E-state index in [4.69, 9.17) is 5.26 Å². The molecule has 0 aliphatic rings. The lowest BCUT2D eigenvalue weighted by Gasteiger charge is -1.99. The first-order valence-corrected chi connectivity index (χ1v) is 4.20. The molecule has 0 spiro atoms. The van der Waals surface area contributed by atoms with E-state index < -0.39 is 0 Å². The quantitative estimate of drug-likeness (QED) is 0.537. The van der Waals surface area contributed by atoms with Gasteiger partial charge in [0.15, 0.2) is 0 Å². The second kappa shape index (κ2) is 6.61. The Bertz CT molecular complexity index is 102. The summed E-state index contributed by atoms with van der Waals surface area (Å²) in [5.74, 6) is 0.261. The van der Waals surface area contributed by atoms with E-state index >= 15 is 0 Å². The van der Waals surface area contributed by atoms with Crippen LogP contribution in [0.2, 0.25) is 0 Å². The molecular formula is C9H17N. The highest BCUT2D eigenvalue weighted by Crippen LogP contribution is 2.08. The van der Waals surface area contributed by atoms with Crippen molar-refractivity contribution in [2.75, 3.05) is 0 Å². The van der Waals surface area contributed by atoms with Crippen LogP contribution in [0.1, 0.15) is 46.0 Å². The Labute approximate surface area is 64.1 Å². The van der Waals surface area contributed by atoms with Gasteiger partial charge in [0.2, 0.25) is 0 Å². The Kier molecular flexibility index (Phi) is 6.27. The largest absolute Gasteiger partial charge is 0.198 e. The summed E-state index contributed by atoms with van der Waals surface area (Å²) in [7, 11) is 0. The second-order valence-corrected chi connectivity index (χ2v) is 2.88. The molecule has 0 heterocycles. The molecule has 1 heteroatoms. The molecule has 1 nitrogen and oxygen atoms in total. The first-order chi connectivity index (χ1) is 4.81. The molecule has 10 heavy (non-hydrogen) atoms. The second-order valence-electron chi connectivity index (χ2n) is 2.88. The van der Waals surface area contributed by atoms with E-state index in [9.17, 15) is 0 Å². The van der Waals surface area contributed by atoms with Crippen LogP contribution in [0.4, 0.5) is 0 Å². The smallest absolute Gasteiger partial charge is 0.0652 e. The number of hydrogen-bond donors (Lipinski definition) is 0. The van der Waals surface area contributed by atoms with E-state index in [-0.39, 0.29) is 5.92 Å². The van der Waals surface area contributed by atoms with Gasteiger partial charge in [0, 0.05) is 5.92 Å². The Morgan fingerprint density at radius 1 is 1.30 bits per heavy atom. The average molecular weight is 139 g/mol. The van der Waals surface area contributed by atoms with Crippen molar-refractivity contribution >= 4 is 0 Å². The van der Waals surface area contributed by atoms with Crippen LogP contribution >= 0.6 is 0 Å². The molecule has 0 saturated carbocycles. The maximum Gasteiger partial charge on any atom is 0.0652 e. The number of hydrogen-bond acceptors (Lipinski definition) is 1. The lowest BCUT2D eigenvalue weighted by Crippen LogP contribution is -1.88. The monoisotopic (exact) mass is 139 g/mol. The molecule has 0 N–H and O–H groups in total. The molecule has 1 atom stereocenters. The summed E-state index contributed by atoms with van der Waals surface area (Å²) in [6.07, 6.45) is 6.20. The first kappa shape index (κ1) is 9.49. The van der Waals surface area contributed by atoms with Crippen molar-refractivity contribution in [3.8, 4) is 6.07 Å². The number of nitriles is 1. The summed E-state index contributed by atoms with van der Waals surface area (Å²) in [6, 6.07) is 2.24. The highest BCUT2D eigenvalue weighted by molar-refractivity contribution is 4.77. The topological polar surface area (TPSA) is 23.8 Å². The van der Waals surface area contributed by atoms with E-state index in [2.05, 4.69) is 13.0 Å². The Hall–Kier alpha value is -0.510. The SMILES string of the molecule is CCCCCC[C@@H](C)C#N. The normalized spacial score (nSPS) is 12.5. The lowest BCUT2D eigenvalue weighted by atomic mass is 10.0. The molecule has 0 aliphatic heterocycles.